The molecule has 51 heavy (non-hydrogen) atoms. The second-order valence-corrected chi connectivity index (χ2v) is 16.0. The maximum absolute atomic E-state index is 12.5. The van der Waals surface area contributed by atoms with E-state index in [4.69, 9.17) is 23.3 Å². The number of amides is 1. The summed E-state index contributed by atoms with van der Waals surface area (Å²) in [4.78, 5) is 34.5. The molecule has 2 atom stereocenters. The lowest BCUT2D eigenvalue weighted by molar-refractivity contribution is -0.870. The van der Waals surface area contributed by atoms with Crippen LogP contribution in [0.25, 0.3) is 0 Å². The highest BCUT2D eigenvalue weighted by atomic mass is 31.2. The van der Waals surface area contributed by atoms with Crippen LogP contribution in [0.15, 0.2) is 30.3 Å². The van der Waals surface area contributed by atoms with Crippen LogP contribution in [-0.4, -0.2) is 88.2 Å². The summed E-state index contributed by atoms with van der Waals surface area (Å²) < 4.78 is 39.9. The topological polar surface area (TPSA) is 130 Å². The number of phosphoric acid groups is 1. The minimum atomic E-state index is -4.30. The lowest BCUT2D eigenvalue weighted by Crippen LogP contribution is -2.37. The molecular formula is C39H72N2O9P+. The number of hydrogen-bond donors (Lipinski definition) is 2. The lowest BCUT2D eigenvalue weighted by atomic mass is 10.0. The second-order valence-electron chi connectivity index (χ2n) is 14.5. The van der Waals surface area contributed by atoms with Gasteiger partial charge in [0, 0.05) is 19.6 Å². The van der Waals surface area contributed by atoms with E-state index in [1.807, 2.05) is 51.5 Å². The molecule has 1 aromatic carbocycles. The smallest absolute Gasteiger partial charge is 0.463 e. The first-order chi connectivity index (χ1) is 24.5. The predicted octanol–water partition coefficient (Wildman–Crippen LogP) is 9.11. The van der Waals surface area contributed by atoms with Gasteiger partial charge < -0.3 is 28.9 Å². The van der Waals surface area contributed by atoms with Crippen molar-refractivity contribution in [3.05, 3.63) is 35.9 Å². The number of likely N-dealkylation sites (N-methyl/N-ethyl adjacent to an activating group) is 1. The first kappa shape index (κ1) is 47.0. The van der Waals surface area contributed by atoms with E-state index < -0.39 is 20.0 Å². The maximum Gasteiger partial charge on any atom is 0.472 e. The van der Waals surface area contributed by atoms with Crippen molar-refractivity contribution >= 4 is 19.9 Å². The lowest BCUT2D eigenvalue weighted by Gasteiger charge is -2.24. The Morgan fingerprint density at radius 3 is 1.88 bits per heavy atom. The molecule has 0 aliphatic carbocycles. The zero-order valence-corrected chi connectivity index (χ0v) is 33.4. The predicted molar refractivity (Wildman–Crippen MR) is 203 cm³/mol. The summed E-state index contributed by atoms with van der Waals surface area (Å²) in [6, 6.07) is 9.49. The molecule has 11 nitrogen and oxygen atoms in total. The van der Waals surface area contributed by atoms with Crippen LogP contribution in [0, 0.1) is 0 Å². The highest BCUT2D eigenvalue weighted by Gasteiger charge is 2.25. The SMILES string of the molecule is CCCCCCCCCCCCCCCCCC(=O)OC[C@H](COP(=O)(O)OCC[N+](C)(C)C)OCCCCCNC(=O)OCc1ccccc1. The zero-order chi connectivity index (χ0) is 37.5. The van der Waals surface area contributed by atoms with Crippen LogP contribution in [0.4, 0.5) is 4.79 Å². The number of nitrogens with zero attached hydrogens (tertiary/aromatic N) is 1. The Kier molecular flexibility index (Phi) is 28.1. The highest BCUT2D eigenvalue weighted by Crippen LogP contribution is 2.43. The molecule has 2 N–H and O–H groups in total. The molecule has 0 aromatic heterocycles. The van der Waals surface area contributed by atoms with E-state index in [1.54, 1.807) is 0 Å². The largest absolute Gasteiger partial charge is 0.472 e. The molecule has 1 amide bonds. The molecular weight excluding hydrogens is 671 g/mol. The number of phosphoric ester groups is 1. The summed E-state index contributed by atoms with van der Waals surface area (Å²) in [7, 11) is 1.57. The van der Waals surface area contributed by atoms with Gasteiger partial charge in [-0.05, 0) is 31.2 Å². The zero-order valence-electron chi connectivity index (χ0n) is 32.5. The minimum absolute atomic E-state index is 0.0604. The number of nitrogens with one attached hydrogen (secondary N) is 1. The third-order valence-corrected chi connectivity index (χ3v) is 9.50. The average molecular weight is 744 g/mol. The van der Waals surface area contributed by atoms with E-state index in [0.29, 0.717) is 37.0 Å². The second kappa shape index (κ2) is 30.5. The van der Waals surface area contributed by atoms with Crippen LogP contribution in [0.3, 0.4) is 0 Å². The first-order valence-corrected chi connectivity index (χ1v) is 21.1. The van der Waals surface area contributed by atoms with Gasteiger partial charge in [-0.2, -0.15) is 0 Å². The van der Waals surface area contributed by atoms with Gasteiger partial charge in [0.25, 0.3) is 0 Å². The van der Waals surface area contributed by atoms with E-state index >= 15 is 0 Å². The fourth-order valence-corrected chi connectivity index (χ4v) is 6.05. The third-order valence-electron chi connectivity index (χ3n) is 8.51. The van der Waals surface area contributed by atoms with Crippen LogP contribution < -0.4 is 5.32 Å². The number of unbranched alkanes of at least 4 members (excludes halogenated alkanes) is 16. The first-order valence-electron chi connectivity index (χ1n) is 19.6. The van der Waals surface area contributed by atoms with Crippen molar-refractivity contribution in [1.82, 2.24) is 5.32 Å². The van der Waals surface area contributed by atoms with Crippen molar-refractivity contribution in [3.8, 4) is 0 Å². The van der Waals surface area contributed by atoms with Gasteiger partial charge in [0.1, 0.15) is 32.5 Å². The maximum atomic E-state index is 12.5. The van der Waals surface area contributed by atoms with Crippen LogP contribution in [0.2, 0.25) is 0 Å². The molecule has 1 rings (SSSR count). The number of rotatable bonds is 34. The molecule has 0 heterocycles. The summed E-state index contributed by atoms with van der Waals surface area (Å²) in [5.41, 5.74) is 0.923. The van der Waals surface area contributed by atoms with E-state index in [9.17, 15) is 19.0 Å². The Morgan fingerprint density at radius 1 is 0.725 bits per heavy atom. The summed E-state index contributed by atoms with van der Waals surface area (Å²) >= 11 is 0. The number of esters is 1. The molecule has 1 aromatic rings. The summed E-state index contributed by atoms with van der Waals surface area (Å²) in [6.07, 6.45) is 20.2. The quantitative estimate of drug-likeness (QED) is 0.0307. The molecule has 0 saturated heterocycles. The molecule has 12 heteroatoms. The van der Waals surface area contributed by atoms with Crippen LogP contribution in [0.1, 0.15) is 134 Å². The van der Waals surface area contributed by atoms with Gasteiger partial charge in [0.2, 0.25) is 0 Å². The standard InChI is InChI=1S/C39H71N2O9P/c1-5-6-7-8-9-10-11-12-13-14-15-16-17-18-23-28-38(42)47-34-37(35-50-51(44,45)49-32-30-41(2,3)4)46-31-25-20-24-29-40-39(43)48-33-36-26-21-19-22-27-36/h19,21-22,26-27,37H,5-18,20,23-25,28-35H2,1-4H3,(H-,40,43,44,45)/p+1/t37-/m1/s1. The van der Waals surface area contributed by atoms with Crippen molar-refractivity contribution in [2.75, 3.05) is 60.7 Å². The van der Waals surface area contributed by atoms with Gasteiger partial charge in [-0.15, -0.1) is 0 Å². The van der Waals surface area contributed by atoms with E-state index in [0.717, 1.165) is 37.7 Å². The number of carbonyl (C=O) groups excluding carboxylic acids is 2. The Bertz CT molecular complexity index is 1040. The molecule has 0 aliphatic rings. The normalized spacial score (nSPS) is 13.4. The Hall–Kier alpha value is -2.01. The van der Waals surface area contributed by atoms with E-state index in [1.165, 1.54) is 77.0 Å². The Balaban J connectivity index is 2.26. The number of quaternary nitrogens is 1. The Morgan fingerprint density at radius 2 is 1.29 bits per heavy atom. The van der Waals surface area contributed by atoms with Crippen molar-refractivity contribution in [2.24, 2.45) is 0 Å². The van der Waals surface area contributed by atoms with Gasteiger partial charge in [0.05, 0.1) is 27.7 Å². The summed E-state index contributed by atoms with van der Waals surface area (Å²) in [5, 5.41) is 2.74. The van der Waals surface area contributed by atoms with Crippen molar-refractivity contribution in [1.29, 1.82) is 0 Å². The molecule has 0 bridgehead atoms. The van der Waals surface area contributed by atoms with Crippen LogP contribution >= 0.6 is 7.82 Å². The molecule has 0 radical (unpaired) electrons. The van der Waals surface area contributed by atoms with Crippen LogP contribution in [0.5, 0.6) is 0 Å². The molecule has 296 valence electrons. The van der Waals surface area contributed by atoms with Crippen molar-refractivity contribution < 1.29 is 46.8 Å². The highest BCUT2D eigenvalue weighted by molar-refractivity contribution is 7.47. The van der Waals surface area contributed by atoms with Gasteiger partial charge in [-0.1, -0.05) is 127 Å². The monoisotopic (exact) mass is 743 g/mol. The van der Waals surface area contributed by atoms with Crippen molar-refractivity contribution in [3.63, 3.8) is 0 Å². The average Bonchev–Trinajstić information content (AvgIpc) is 3.09. The minimum Gasteiger partial charge on any atom is -0.463 e. The number of alkyl carbamates (subject to hydrolysis) is 1. The van der Waals surface area contributed by atoms with Gasteiger partial charge in [-0.3, -0.25) is 13.8 Å². The fraction of sp³-hybridized carbons (Fsp3) is 0.795. The summed E-state index contributed by atoms with van der Waals surface area (Å²) in [5.74, 6) is -0.310. The molecule has 0 aliphatic heterocycles. The number of carbonyl (C=O) groups is 2. The number of hydrogen-bond acceptors (Lipinski definition) is 8. The van der Waals surface area contributed by atoms with Gasteiger partial charge in [0.15, 0.2) is 0 Å². The fourth-order valence-electron chi connectivity index (χ4n) is 5.31. The molecule has 0 fully saturated rings. The summed E-state index contributed by atoms with van der Waals surface area (Å²) in [6.45, 7) is 3.54. The number of benzene rings is 1. The van der Waals surface area contributed by atoms with E-state index in [-0.39, 0.29) is 32.4 Å². The van der Waals surface area contributed by atoms with Crippen LogP contribution in [-0.2, 0) is 39.2 Å². The van der Waals surface area contributed by atoms with Gasteiger partial charge >= 0.3 is 19.9 Å². The molecule has 0 spiro atoms. The van der Waals surface area contributed by atoms with E-state index in [2.05, 4.69) is 12.2 Å². The van der Waals surface area contributed by atoms with Crippen molar-refractivity contribution in [2.45, 2.75) is 142 Å². The third kappa shape index (κ3) is 31.3. The molecule has 1 unspecified atom stereocenters. The van der Waals surface area contributed by atoms with Gasteiger partial charge in [-0.25, -0.2) is 9.36 Å². The Labute approximate surface area is 309 Å². The number of ether oxygens (including phenoxy) is 3. The molecule has 0 saturated carbocycles.